The molecule has 0 radical (unpaired) electrons. The fraction of sp³-hybridized carbons (Fsp3) is 0.545. The minimum absolute atomic E-state index is 0.357. The van der Waals surface area contributed by atoms with Gasteiger partial charge in [0, 0.05) is 54.9 Å². The first-order valence-corrected chi connectivity index (χ1v) is 11.1. The van der Waals surface area contributed by atoms with E-state index in [9.17, 15) is 5.11 Å². The normalized spacial score (nSPS) is 31.8. The van der Waals surface area contributed by atoms with Gasteiger partial charge in [0.15, 0.2) is 0 Å². The van der Waals surface area contributed by atoms with Crippen molar-refractivity contribution < 1.29 is 19.4 Å². The molecule has 0 aromatic carbocycles. The second kappa shape index (κ2) is 7.71. The van der Waals surface area contributed by atoms with E-state index in [2.05, 4.69) is 33.0 Å². The molecule has 0 aromatic heterocycles. The van der Waals surface area contributed by atoms with E-state index in [1.54, 1.807) is 12.2 Å². The monoisotopic (exact) mass is 462 g/mol. The molecular weight excluding hydrogens is 436 g/mol. The van der Waals surface area contributed by atoms with Crippen molar-refractivity contribution >= 4 is 15.9 Å². The number of hydroxylamine groups is 2. The standard InChI is InChI=1S/C22H27BrN2O4/c1-27-25-13-16-10-17(26)11-18-21(16)22(19(23)14-25)12-15(2-3-20(22)29-18)4-5-24-6-8-28-9-7-24/h2-3,13-14,17,26H,4-12H2,1H3. The average molecular weight is 463 g/mol. The van der Waals surface area contributed by atoms with Gasteiger partial charge in [-0.15, -0.1) is 0 Å². The van der Waals surface area contributed by atoms with Gasteiger partial charge in [-0.2, -0.15) is 0 Å². The molecule has 0 aromatic rings. The second-order valence-corrected chi connectivity index (χ2v) is 9.13. The maximum Gasteiger partial charge on any atom is 0.120 e. The van der Waals surface area contributed by atoms with Crippen LogP contribution in [0.3, 0.4) is 0 Å². The zero-order valence-corrected chi connectivity index (χ0v) is 18.3. The van der Waals surface area contributed by atoms with E-state index in [0.717, 1.165) is 67.3 Å². The Morgan fingerprint density at radius 1 is 1.24 bits per heavy atom. The summed E-state index contributed by atoms with van der Waals surface area (Å²) in [7, 11) is 1.66. The molecule has 0 bridgehead atoms. The third-order valence-electron chi connectivity index (χ3n) is 6.51. The van der Waals surface area contributed by atoms with E-state index < -0.39 is 6.10 Å². The van der Waals surface area contributed by atoms with Crippen molar-refractivity contribution in [3.63, 3.8) is 0 Å². The molecule has 29 heavy (non-hydrogen) atoms. The summed E-state index contributed by atoms with van der Waals surface area (Å²) in [5.41, 5.74) is 3.35. The maximum absolute atomic E-state index is 10.4. The Morgan fingerprint density at radius 2 is 2.07 bits per heavy atom. The van der Waals surface area contributed by atoms with Gasteiger partial charge in [-0.3, -0.25) is 9.74 Å². The van der Waals surface area contributed by atoms with Crippen molar-refractivity contribution in [2.75, 3.05) is 40.0 Å². The van der Waals surface area contributed by atoms with E-state index in [1.165, 1.54) is 11.1 Å². The SMILES string of the molecule is CON1C=C2CC(O)CC3=C2C2(CC(CCN4CCOCC4)=CC=C2O3)C(Br)=C1. The minimum Gasteiger partial charge on any atom is -0.464 e. The lowest BCUT2D eigenvalue weighted by Crippen LogP contribution is -2.37. The van der Waals surface area contributed by atoms with E-state index in [4.69, 9.17) is 14.3 Å². The number of hydrogen-bond donors (Lipinski definition) is 1. The fourth-order valence-corrected chi connectivity index (χ4v) is 5.81. The molecule has 0 saturated carbocycles. The summed E-state index contributed by atoms with van der Waals surface area (Å²) in [5, 5.41) is 12.1. The van der Waals surface area contributed by atoms with Gasteiger partial charge < -0.3 is 14.6 Å². The number of hydrogen-bond acceptors (Lipinski definition) is 6. The third kappa shape index (κ3) is 3.33. The molecule has 5 aliphatic rings. The summed E-state index contributed by atoms with van der Waals surface area (Å²) in [6.45, 7) is 4.72. The number of nitrogens with zero attached hydrogens (tertiary/aromatic N) is 2. The predicted octanol–water partition coefficient (Wildman–Crippen LogP) is 3.35. The van der Waals surface area contributed by atoms with Crippen molar-refractivity contribution in [1.29, 1.82) is 0 Å². The molecule has 2 aliphatic carbocycles. The van der Waals surface area contributed by atoms with Crippen LogP contribution in [0.2, 0.25) is 0 Å². The molecule has 1 spiro atoms. The Kier molecular flexibility index (Phi) is 5.20. The van der Waals surface area contributed by atoms with Crippen LogP contribution >= 0.6 is 15.9 Å². The van der Waals surface area contributed by atoms with Crippen LogP contribution in [0.25, 0.3) is 0 Å². The number of morpholine rings is 1. The highest BCUT2D eigenvalue weighted by atomic mass is 79.9. The summed E-state index contributed by atoms with van der Waals surface area (Å²) in [5.74, 6) is 1.84. The van der Waals surface area contributed by atoms with Crippen molar-refractivity contribution in [1.82, 2.24) is 9.96 Å². The first-order chi connectivity index (χ1) is 14.1. The molecule has 1 saturated heterocycles. The van der Waals surface area contributed by atoms with E-state index in [0.29, 0.717) is 12.8 Å². The highest BCUT2D eigenvalue weighted by Gasteiger charge is 2.54. The quantitative estimate of drug-likeness (QED) is 0.691. The lowest BCUT2D eigenvalue weighted by Gasteiger charge is -2.36. The van der Waals surface area contributed by atoms with Gasteiger partial charge >= 0.3 is 0 Å². The lowest BCUT2D eigenvalue weighted by atomic mass is 9.67. The van der Waals surface area contributed by atoms with Gasteiger partial charge in [0.05, 0.1) is 31.8 Å². The molecule has 1 fully saturated rings. The second-order valence-electron chi connectivity index (χ2n) is 8.28. The Labute approximate surface area is 179 Å². The number of halogens is 1. The average Bonchev–Trinajstić information content (AvgIpc) is 3.00. The summed E-state index contributed by atoms with van der Waals surface area (Å²) in [4.78, 5) is 7.99. The van der Waals surface area contributed by atoms with E-state index in [-0.39, 0.29) is 5.41 Å². The van der Waals surface area contributed by atoms with Crippen molar-refractivity contribution in [3.05, 3.63) is 57.3 Å². The van der Waals surface area contributed by atoms with E-state index in [1.807, 2.05) is 12.4 Å². The van der Waals surface area contributed by atoms with Gasteiger partial charge in [0.25, 0.3) is 0 Å². The Hall–Kier alpha value is -1.38. The number of aliphatic hydroxyl groups excluding tert-OH is 1. The summed E-state index contributed by atoms with van der Waals surface area (Å²) in [6.07, 6.45) is 11.0. The minimum atomic E-state index is -0.429. The lowest BCUT2D eigenvalue weighted by molar-refractivity contribution is -0.0449. The Bertz CT molecular complexity index is 853. The molecule has 2 atom stereocenters. The smallest absolute Gasteiger partial charge is 0.120 e. The van der Waals surface area contributed by atoms with Crippen LogP contribution < -0.4 is 0 Å². The van der Waals surface area contributed by atoms with Crippen LogP contribution in [0, 0.1) is 5.41 Å². The Morgan fingerprint density at radius 3 is 2.86 bits per heavy atom. The Balaban J connectivity index is 1.47. The molecule has 3 heterocycles. The summed E-state index contributed by atoms with van der Waals surface area (Å²) < 4.78 is 12.8. The molecule has 6 nitrogen and oxygen atoms in total. The molecule has 7 heteroatoms. The molecule has 2 unspecified atom stereocenters. The van der Waals surface area contributed by atoms with Crippen LogP contribution in [0.4, 0.5) is 0 Å². The molecule has 156 valence electrons. The van der Waals surface area contributed by atoms with E-state index >= 15 is 0 Å². The summed E-state index contributed by atoms with van der Waals surface area (Å²) in [6, 6.07) is 0. The van der Waals surface area contributed by atoms with Crippen molar-refractivity contribution in [2.24, 2.45) is 5.41 Å². The van der Waals surface area contributed by atoms with Gasteiger partial charge in [0.1, 0.15) is 11.5 Å². The highest BCUT2D eigenvalue weighted by Crippen LogP contribution is 2.62. The van der Waals surface area contributed by atoms with Crippen molar-refractivity contribution in [3.8, 4) is 0 Å². The summed E-state index contributed by atoms with van der Waals surface area (Å²) >= 11 is 3.87. The third-order valence-corrected chi connectivity index (χ3v) is 7.40. The van der Waals surface area contributed by atoms with Crippen LogP contribution in [0.15, 0.2) is 57.3 Å². The number of ether oxygens (including phenoxy) is 2. The fourth-order valence-electron chi connectivity index (χ4n) is 5.07. The molecule has 0 amide bonds. The molecule has 1 N–H and O–H groups in total. The number of rotatable bonds is 4. The van der Waals surface area contributed by atoms with Crippen LogP contribution in [0.1, 0.15) is 25.7 Å². The highest BCUT2D eigenvalue weighted by molar-refractivity contribution is 9.11. The van der Waals surface area contributed by atoms with Crippen molar-refractivity contribution in [2.45, 2.75) is 31.8 Å². The largest absolute Gasteiger partial charge is 0.464 e. The first-order valence-electron chi connectivity index (χ1n) is 10.3. The van der Waals surface area contributed by atoms with Crippen LogP contribution in [-0.4, -0.2) is 61.1 Å². The molecule has 5 rings (SSSR count). The van der Waals surface area contributed by atoms with Crippen LogP contribution in [0.5, 0.6) is 0 Å². The topological polar surface area (TPSA) is 54.4 Å². The zero-order valence-electron chi connectivity index (χ0n) is 16.7. The van der Waals surface area contributed by atoms with Crippen LogP contribution in [-0.2, 0) is 14.3 Å². The van der Waals surface area contributed by atoms with Gasteiger partial charge in [0.2, 0.25) is 0 Å². The molecular formula is C22H27BrN2O4. The number of allylic oxidation sites excluding steroid dienone is 3. The maximum atomic E-state index is 10.4. The molecule has 3 aliphatic heterocycles. The zero-order chi connectivity index (χ0) is 20.0. The predicted molar refractivity (Wildman–Crippen MR) is 112 cm³/mol. The van der Waals surface area contributed by atoms with Gasteiger partial charge in [-0.1, -0.05) is 27.6 Å². The van der Waals surface area contributed by atoms with Gasteiger partial charge in [-0.05, 0) is 24.5 Å². The number of aliphatic hydroxyl groups is 1. The van der Waals surface area contributed by atoms with Gasteiger partial charge in [-0.25, -0.2) is 5.06 Å². The first kappa shape index (κ1) is 19.6.